The molecule has 0 spiro atoms. The number of benzene rings is 2. The second-order valence-corrected chi connectivity index (χ2v) is 7.57. The fraction of sp³-hybridized carbons (Fsp3) is 0.381. The Morgan fingerprint density at radius 3 is 2.53 bits per heavy atom. The quantitative estimate of drug-likeness (QED) is 0.441. The molecule has 2 atom stereocenters. The predicted octanol–water partition coefficient (Wildman–Crippen LogP) is 2.82. The highest BCUT2D eigenvalue weighted by atomic mass is 19.1. The van der Waals surface area contributed by atoms with Gasteiger partial charge in [-0.15, -0.1) is 0 Å². The van der Waals surface area contributed by atoms with Gasteiger partial charge in [-0.2, -0.15) is 0 Å². The molecule has 8 nitrogen and oxygen atoms in total. The van der Waals surface area contributed by atoms with E-state index in [1.54, 1.807) is 17.0 Å². The van der Waals surface area contributed by atoms with Crippen LogP contribution in [-0.2, 0) is 11.3 Å². The van der Waals surface area contributed by atoms with Gasteiger partial charge in [-0.1, -0.05) is 12.1 Å². The van der Waals surface area contributed by atoms with Crippen LogP contribution in [0.25, 0.3) is 0 Å². The molecule has 9 heteroatoms. The Hall–Kier alpha value is -3.20. The molecule has 1 saturated heterocycles. The van der Waals surface area contributed by atoms with Crippen molar-refractivity contribution in [3.8, 4) is 5.75 Å². The second kappa shape index (κ2) is 9.08. The molecule has 0 saturated carbocycles. The van der Waals surface area contributed by atoms with E-state index in [1.807, 2.05) is 13.8 Å². The molecular weight excluding hydrogens is 391 g/mol. The summed E-state index contributed by atoms with van der Waals surface area (Å²) in [7, 11) is 0. The Labute approximate surface area is 174 Å². The van der Waals surface area contributed by atoms with Crippen molar-refractivity contribution in [1.29, 1.82) is 0 Å². The van der Waals surface area contributed by atoms with E-state index in [1.165, 1.54) is 30.3 Å². The number of hydrogen-bond acceptors (Lipinski definition) is 6. The molecular formula is C21H25FN4O4. The highest BCUT2D eigenvalue weighted by Crippen LogP contribution is 2.26. The van der Waals surface area contributed by atoms with Crippen molar-refractivity contribution in [2.75, 3.05) is 25.4 Å². The lowest BCUT2D eigenvalue weighted by atomic mass is 10.1. The van der Waals surface area contributed by atoms with Gasteiger partial charge in [0, 0.05) is 43.9 Å². The average Bonchev–Trinajstić information content (AvgIpc) is 2.70. The lowest BCUT2D eigenvalue weighted by Gasteiger charge is -2.44. The molecule has 160 valence electrons. The Bertz CT molecular complexity index is 922. The molecule has 0 bridgehead atoms. The van der Waals surface area contributed by atoms with E-state index in [9.17, 15) is 19.3 Å². The summed E-state index contributed by atoms with van der Waals surface area (Å²) in [5, 5.41) is 10.8. The molecule has 2 N–H and O–H groups in total. The average molecular weight is 416 g/mol. The van der Waals surface area contributed by atoms with Crippen molar-refractivity contribution in [1.82, 2.24) is 9.80 Å². The van der Waals surface area contributed by atoms with Crippen molar-refractivity contribution >= 4 is 17.3 Å². The fourth-order valence-corrected chi connectivity index (χ4v) is 3.59. The number of carbonyl (C=O) groups excluding carboxylic acids is 1. The number of carbonyl (C=O) groups is 1. The first-order valence-electron chi connectivity index (χ1n) is 9.69. The number of amides is 1. The van der Waals surface area contributed by atoms with Gasteiger partial charge in [0.25, 0.3) is 11.6 Å². The van der Waals surface area contributed by atoms with Crippen molar-refractivity contribution in [2.45, 2.75) is 32.5 Å². The summed E-state index contributed by atoms with van der Waals surface area (Å²) in [5.41, 5.74) is 6.79. The monoisotopic (exact) mass is 416 g/mol. The van der Waals surface area contributed by atoms with Gasteiger partial charge in [-0.05, 0) is 37.6 Å². The molecule has 30 heavy (non-hydrogen) atoms. The largest absolute Gasteiger partial charge is 0.482 e. The molecule has 2 aromatic rings. The van der Waals surface area contributed by atoms with Crippen LogP contribution in [0, 0.1) is 15.9 Å². The number of nitro benzene ring substituents is 1. The van der Waals surface area contributed by atoms with E-state index in [0.717, 1.165) is 5.56 Å². The van der Waals surface area contributed by atoms with Crippen LogP contribution >= 0.6 is 0 Å². The number of nitrogens with two attached hydrogens (primary N) is 1. The van der Waals surface area contributed by atoms with E-state index in [4.69, 9.17) is 10.5 Å². The van der Waals surface area contributed by atoms with Gasteiger partial charge in [0.2, 0.25) is 0 Å². The van der Waals surface area contributed by atoms with E-state index in [2.05, 4.69) is 4.90 Å². The van der Waals surface area contributed by atoms with Crippen LogP contribution in [-0.4, -0.2) is 52.4 Å². The number of non-ortho nitro benzene ring substituents is 1. The smallest absolute Gasteiger partial charge is 0.271 e. The molecule has 1 aliphatic rings. The summed E-state index contributed by atoms with van der Waals surface area (Å²) in [5.74, 6) is -0.192. The molecule has 0 unspecified atom stereocenters. The van der Waals surface area contributed by atoms with Crippen molar-refractivity contribution < 1.29 is 18.8 Å². The van der Waals surface area contributed by atoms with Gasteiger partial charge < -0.3 is 15.4 Å². The summed E-state index contributed by atoms with van der Waals surface area (Å²) in [4.78, 5) is 27.0. The van der Waals surface area contributed by atoms with Crippen LogP contribution in [0.15, 0.2) is 42.5 Å². The highest BCUT2D eigenvalue weighted by molar-refractivity contribution is 5.78. The van der Waals surface area contributed by atoms with Crippen LogP contribution in [0.2, 0.25) is 0 Å². The zero-order valence-electron chi connectivity index (χ0n) is 17.0. The van der Waals surface area contributed by atoms with Gasteiger partial charge >= 0.3 is 0 Å². The van der Waals surface area contributed by atoms with Crippen LogP contribution in [0.3, 0.4) is 0 Å². The molecule has 2 aromatic carbocycles. The third kappa shape index (κ3) is 5.04. The topological polar surface area (TPSA) is 102 Å². The van der Waals surface area contributed by atoms with Crippen LogP contribution in [0.1, 0.15) is 19.4 Å². The zero-order chi connectivity index (χ0) is 21.8. The van der Waals surface area contributed by atoms with E-state index in [0.29, 0.717) is 19.6 Å². The van der Waals surface area contributed by atoms with E-state index < -0.39 is 4.92 Å². The van der Waals surface area contributed by atoms with Gasteiger partial charge in [0.15, 0.2) is 6.61 Å². The minimum absolute atomic E-state index is 0.0213. The number of nitrogen functional groups attached to an aromatic ring is 1. The first kappa shape index (κ1) is 21.5. The SMILES string of the molecule is C[C@@H]1CN(C(=O)COc2ccc([N+](=O)[O-])cc2N)[C@@H](C)CN1Cc1ccc(F)cc1. The zero-order valence-corrected chi connectivity index (χ0v) is 17.0. The summed E-state index contributed by atoms with van der Waals surface area (Å²) in [6.45, 7) is 5.73. The van der Waals surface area contributed by atoms with Crippen molar-refractivity contribution in [3.63, 3.8) is 0 Å². The molecule has 3 rings (SSSR count). The number of nitro groups is 1. The third-order valence-corrected chi connectivity index (χ3v) is 5.29. The Morgan fingerprint density at radius 2 is 1.90 bits per heavy atom. The van der Waals surface area contributed by atoms with Crippen LogP contribution < -0.4 is 10.5 Å². The summed E-state index contributed by atoms with van der Waals surface area (Å²) < 4.78 is 18.6. The third-order valence-electron chi connectivity index (χ3n) is 5.29. The number of hydrogen-bond donors (Lipinski definition) is 1. The molecule has 0 aliphatic carbocycles. The molecule has 1 fully saturated rings. The van der Waals surface area contributed by atoms with Crippen LogP contribution in [0.4, 0.5) is 15.8 Å². The number of nitrogens with zero attached hydrogens (tertiary/aromatic N) is 3. The lowest BCUT2D eigenvalue weighted by molar-refractivity contribution is -0.384. The molecule has 1 amide bonds. The highest BCUT2D eigenvalue weighted by Gasteiger charge is 2.32. The summed E-state index contributed by atoms with van der Waals surface area (Å²) >= 11 is 0. The Morgan fingerprint density at radius 1 is 1.20 bits per heavy atom. The fourth-order valence-electron chi connectivity index (χ4n) is 3.59. The Balaban J connectivity index is 1.57. The maximum absolute atomic E-state index is 13.1. The molecule has 1 aliphatic heterocycles. The van der Waals surface area contributed by atoms with Crippen LogP contribution in [0.5, 0.6) is 5.75 Å². The summed E-state index contributed by atoms with van der Waals surface area (Å²) in [6.07, 6.45) is 0. The number of halogens is 1. The lowest BCUT2D eigenvalue weighted by Crippen LogP contribution is -2.58. The van der Waals surface area contributed by atoms with Gasteiger partial charge in [0.05, 0.1) is 10.6 Å². The second-order valence-electron chi connectivity index (χ2n) is 7.57. The molecule has 0 radical (unpaired) electrons. The van der Waals surface area contributed by atoms with E-state index >= 15 is 0 Å². The van der Waals surface area contributed by atoms with Gasteiger partial charge in [-0.25, -0.2) is 4.39 Å². The Kier molecular flexibility index (Phi) is 6.51. The van der Waals surface area contributed by atoms with E-state index in [-0.39, 0.29) is 47.5 Å². The number of ether oxygens (including phenoxy) is 1. The molecule has 0 aromatic heterocycles. The first-order valence-corrected chi connectivity index (χ1v) is 9.69. The minimum atomic E-state index is -0.542. The minimum Gasteiger partial charge on any atom is -0.482 e. The number of rotatable bonds is 6. The van der Waals surface area contributed by atoms with Crippen molar-refractivity contribution in [3.05, 3.63) is 64.0 Å². The van der Waals surface area contributed by atoms with Crippen molar-refractivity contribution in [2.24, 2.45) is 0 Å². The normalized spacial score (nSPS) is 19.5. The maximum Gasteiger partial charge on any atom is 0.271 e. The maximum atomic E-state index is 13.1. The van der Waals surface area contributed by atoms with Gasteiger partial charge in [0.1, 0.15) is 11.6 Å². The molecule has 1 heterocycles. The standard InChI is InChI=1S/C21H25FN4O4/c1-14-11-25(15(2)10-24(14)12-16-3-5-17(22)6-4-16)21(27)13-30-20-8-7-18(26(28)29)9-19(20)23/h3-9,14-15H,10-13,23H2,1-2H3/t14-,15+/m1/s1. The summed E-state index contributed by atoms with van der Waals surface area (Å²) in [6, 6.07) is 10.4. The number of anilines is 1. The predicted molar refractivity (Wildman–Crippen MR) is 110 cm³/mol. The first-order chi connectivity index (χ1) is 14.2. The van der Waals surface area contributed by atoms with Gasteiger partial charge in [-0.3, -0.25) is 19.8 Å². The number of piperazine rings is 1.